The molecule has 0 bridgehead atoms. The molecule has 7 nitrogen and oxygen atoms in total. The molecule has 0 spiro atoms. The van der Waals surface area contributed by atoms with Crippen LogP contribution in [0, 0.1) is 17.6 Å². The van der Waals surface area contributed by atoms with Crippen molar-refractivity contribution in [1.29, 1.82) is 0 Å². The molecule has 1 atom stereocenters. The zero-order chi connectivity index (χ0) is 22.4. The first-order valence-corrected chi connectivity index (χ1v) is 10.6. The summed E-state index contributed by atoms with van der Waals surface area (Å²) in [6.45, 7) is 4.00. The third kappa shape index (κ3) is 6.17. The highest BCUT2D eigenvalue weighted by atomic mass is 32.2. The largest absolute Gasteiger partial charge is 0.486 e. The van der Waals surface area contributed by atoms with Crippen molar-refractivity contribution in [3.63, 3.8) is 0 Å². The number of nitrogen functional groups attached to an aromatic ring is 1. The monoisotopic (exact) mass is 447 g/mol. The van der Waals surface area contributed by atoms with Crippen LogP contribution in [0.2, 0.25) is 0 Å². The van der Waals surface area contributed by atoms with Gasteiger partial charge in [-0.2, -0.15) is 0 Å². The molecule has 1 unspecified atom stereocenters. The van der Waals surface area contributed by atoms with Crippen LogP contribution in [0.25, 0.3) is 0 Å². The Morgan fingerprint density at radius 3 is 2.32 bits per heavy atom. The molecule has 0 radical (unpaired) electrons. The molecular weight excluding hydrogens is 424 g/mol. The number of thioether (sulfide) groups is 1. The predicted octanol–water partition coefficient (Wildman–Crippen LogP) is 3.45. The minimum Gasteiger partial charge on any atom is -0.486 e. The third-order valence-electron chi connectivity index (χ3n) is 4.46. The van der Waals surface area contributed by atoms with Gasteiger partial charge in [-0.25, -0.2) is 13.5 Å². The van der Waals surface area contributed by atoms with E-state index in [-0.39, 0.29) is 41.9 Å². The number of carbonyl (C=O) groups excluding carboxylic acids is 1. The van der Waals surface area contributed by atoms with Gasteiger partial charge in [-0.3, -0.25) is 4.79 Å². The first-order valence-electron chi connectivity index (χ1n) is 9.59. The maximum atomic E-state index is 13.2. The van der Waals surface area contributed by atoms with Gasteiger partial charge in [0.05, 0.1) is 11.8 Å². The van der Waals surface area contributed by atoms with Crippen LogP contribution in [0.5, 0.6) is 5.75 Å². The molecule has 1 amide bonds. The fraction of sp³-hybridized carbons (Fsp3) is 0.286. The topological polar surface area (TPSA) is 95.1 Å². The highest BCUT2D eigenvalue weighted by Gasteiger charge is 2.19. The van der Waals surface area contributed by atoms with Gasteiger partial charge in [0.2, 0.25) is 11.1 Å². The highest BCUT2D eigenvalue weighted by molar-refractivity contribution is 7.99. The van der Waals surface area contributed by atoms with E-state index in [1.807, 2.05) is 13.8 Å². The van der Waals surface area contributed by atoms with Crippen LogP contribution in [0.4, 0.5) is 8.78 Å². The van der Waals surface area contributed by atoms with Crippen LogP contribution in [0.1, 0.15) is 31.3 Å². The number of ether oxygens (including phenoxy) is 1. The molecule has 1 aromatic heterocycles. The van der Waals surface area contributed by atoms with Crippen LogP contribution in [0.15, 0.2) is 53.7 Å². The van der Waals surface area contributed by atoms with E-state index in [4.69, 9.17) is 10.6 Å². The van der Waals surface area contributed by atoms with Crippen molar-refractivity contribution >= 4 is 17.7 Å². The van der Waals surface area contributed by atoms with Gasteiger partial charge in [-0.15, -0.1) is 10.2 Å². The molecule has 1 heterocycles. The summed E-state index contributed by atoms with van der Waals surface area (Å²) in [5.41, 5.74) is 0.831. The number of benzene rings is 2. The molecule has 3 aromatic rings. The Morgan fingerprint density at radius 1 is 1.10 bits per heavy atom. The molecule has 0 aliphatic carbocycles. The molecule has 0 aliphatic rings. The van der Waals surface area contributed by atoms with E-state index in [1.165, 1.54) is 41.1 Å². The number of aromatic nitrogens is 3. The molecule has 0 aliphatic heterocycles. The van der Waals surface area contributed by atoms with Crippen LogP contribution in [-0.2, 0) is 11.4 Å². The number of hydrogen-bond donors (Lipinski definition) is 2. The minimum atomic E-state index is -0.356. The number of carbonyl (C=O) groups is 1. The second-order valence-corrected chi connectivity index (χ2v) is 8.08. The Kier molecular flexibility index (Phi) is 7.45. The second-order valence-electron chi connectivity index (χ2n) is 7.14. The molecule has 0 saturated heterocycles. The number of nitrogens with zero attached hydrogens (tertiary/aromatic N) is 3. The highest BCUT2D eigenvalue weighted by Crippen LogP contribution is 2.23. The molecule has 31 heavy (non-hydrogen) atoms. The van der Waals surface area contributed by atoms with Crippen molar-refractivity contribution in [2.45, 2.75) is 31.7 Å². The third-order valence-corrected chi connectivity index (χ3v) is 5.40. The van der Waals surface area contributed by atoms with Gasteiger partial charge in [-0.1, -0.05) is 37.7 Å². The number of nitrogens with two attached hydrogens (primary N) is 1. The summed E-state index contributed by atoms with van der Waals surface area (Å²) in [5.74, 6) is 6.14. The van der Waals surface area contributed by atoms with Crippen molar-refractivity contribution in [2.75, 3.05) is 11.6 Å². The number of amides is 1. The Labute approximate surface area is 183 Å². The molecule has 3 rings (SSSR count). The minimum absolute atomic E-state index is 0.0435. The Hall–Kier alpha value is -3.14. The normalized spacial score (nSPS) is 12.0. The predicted molar refractivity (Wildman–Crippen MR) is 114 cm³/mol. The first kappa shape index (κ1) is 22.5. The van der Waals surface area contributed by atoms with Crippen LogP contribution in [-0.4, -0.2) is 26.5 Å². The van der Waals surface area contributed by atoms with Crippen molar-refractivity contribution < 1.29 is 18.3 Å². The molecule has 10 heteroatoms. The van der Waals surface area contributed by atoms with Gasteiger partial charge in [0.15, 0.2) is 5.82 Å². The molecule has 3 N–H and O–H groups in total. The molecule has 0 fully saturated rings. The van der Waals surface area contributed by atoms with E-state index in [2.05, 4.69) is 15.5 Å². The van der Waals surface area contributed by atoms with E-state index in [9.17, 15) is 13.6 Å². The van der Waals surface area contributed by atoms with Crippen molar-refractivity contribution in [3.05, 3.63) is 71.6 Å². The summed E-state index contributed by atoms with van der Waals surface area (Å²) < 4.78 is 32.9. The standard InChI is InChI=1S/C21H23F2N5O2S/c1-13(2)20(14-3-5-15(22)6-4-14)25-19(29)12-31-21-27-26-18(28(21)24)11-30-17-9-7-16(23)8-10-17/h3-10,13,20H,11-12,24H2,1-2H3,(H,25,29). The number of hydrogen-bond acceptors (Lipinski definition) is 6. The lowest BCUT2D eigenvalue weighted by atomic mass is 9.96. The van der Waals surface area contributed by atoms with Crippen molar-refractivity contribution in [3.8, 4) is 5.75 Å². The van der Waals surface area contributed by atoms with Gasteiger partial charge in [-0.05, 0) is 47.9 Å². The zero-order valence-electron chi connectivity index (χ0n) is 17.1. The van der Waals surface area contributed by atoms with Gasteiger partial charge < -0.3 is 15.9 Å². The fourth-order valence-electron chi connectivity index (χ4n) is 2.83. The number of rotatable bonds is 9. The van der Waals surface area contributed by atoms with Crippen molar-refractivity contribution in [1.82, 2.24) is 20.2 Å². The molecular formula is C21H23F2N5O2S. The summed E-state index contributed by atoms with van der Waals surface area (Å²) in [6, 6.07) is 11.4. The fourth-order valence-corrected chi connectivity index (χ4v) is 3.52. The average Bonchev–Trinajstić information content (AvgIpc) is 3.10. The summed E-state index contributed by atoms with van der Waals surface area (Å²) in [6.07, 6.45) is 0. The van der Waals surface area contributed by atoms with Gasteiger partial charge in [0.1, 0.15) is 24.0 Å². The lowest BCUT2D eigenvalue weighted by Crippen LogP contribution is -2.33. The molecule has 0 saturated carbocycles. The van der Waals surface area contributed by atoms with Gasteiger partial charge in [0.25, 0.3) is 0 Å². The van der Waals surface area contributed by atoms with Crippen molar-refractivity contribution in [2.24, 2.45) is 5.92 Å². The quantitative estimate of drug-likeness (QED) is 0.385. The summed E-state index contributed by atoms with van der Waals surface area (Å²) in [5, 5.41) is 11.3. The van der Waals surface area contributed by atoms with E-state index in [0.29, 0.717) is 16.7 Å². The lowest BCUT2D eigenvalue weighted by Gasteiger charge is -2.23. The van der Waals surface area contributed by atoms with Gasteiger partial charge in [0, 0.05) is 0 Å². The van der Waals surface area contributed by atoms with Crippen LogP contribution >= 0.6 is 11.8 Å². The van der Waals surface area contributed by atoms with E-state index < -0.39 is 0 Å². The Bertz CT molecular complexity index is 1010. The molecule has 2 aromatic carbocycles. The first-order chi connectivity index (χ1) is 14.8. The summed E-state index contributed by atoms with van der Waals surface area (Å²) >= 11 is 1.14. The maximum absolute atomic E-state index is 13.2. The Morgan fingerprint density at radius 2 is 1.71 bits per heavy atom. The zero-order valence-corrected chi connectivity index (χ0v) is 17.9. The van der Waals surface area contributed by atoms with Crippen LogP contribution in [0.3, 0.4) is 0 Å². The summed E-state index contributed by atoms with van der Waals surface area (Å²) in [7, 11) is 0. The maximum Gasteiger partial charge on any atom is 0.230 e. The Balaban J connectivity index is 1.54. The second kappa shape index (κ2) is 10.3. The summed E-state index contributed by atoms with van der Waals surface area (Å²) in [4.78, 5) is 12.5. The molecule has 164 valence electrons. The van der Waals surface area contributed by atoms with E-state index >= 15 is 0 Å². The SMILES string of the molecule is CC(C)C(NC(=O)CSc1nnc(COc2ccc(F)cc2)n1N)c1ccc(F)cc1. The lowest BCUT2D eigenvalue weighted by molar-refractivity contribution is -0.119. The number of halogens is 2. The van der Waals surface area contributed by atoms with Crippen LogP contribution < -0.4 is 15.9 Å². The van der Waals surface area contributed by atoms with E-state index in [0.717, 1.165) is 17.3 Å². The van der Waals surface area contributed by atoms with E-state index in [1.54, 1.807) is 12.1 Å². The smallest absolute Gasteiger partial charge is 0.230 e. The number of nitrogens with one attached hydrogen (secondary N) is 1. The van der Waals surface area contributed by atoms with Gasteiger partial charge >= 0.3 is 0 Å². The average molecular weight is 448 g/mol.